The van der Waals surface area contributed by atoms with Crippen LogP contribution in [0.3, 0.4) is 0 Å². The van der Waals surface area contributed by atoms with Crippen molar-refractivity contribution in [1.29, 1.82) is 0 Å². The number of piperidine rings is 1. The maximum atomic E-state index is 13.0. The largest absolute Gasteiger partial charge is 0.465 e. The second-order valence-corrected chi connectivity index (χ2v) is 8.58. The summed E-state index contributed by atoms with van der Waals surface area (Å²) in [6, 6.07) is 8.08. The van der Waals surface area contributed by atoms with Crippen molar-refractivity contribution in [2.75, 3.05) is 37.6 Å². The van der Waals surface area contributed by atoms with Gasteiger partial charge in [0.25, 0.3) is 6.01 Å². The molecular formula is C22H31N5O4. The van der Waals surface area contributed by atoms with Gasteiger partial charge in [0.2, 0.25) is 5.91 Å². The number of amides is 2. The summed E-state index contributed by atoms with van der Waals surface area (Å²) in [5.74, 6) is -0.00793. The number of nitrogens with one attached hydrogen (secondary N) is 1. The van der Waals surface area contributed by atoms with E-state index >= 15 is 0 Å². The van der Waals surface area contributed by atoms with Gasteiger partial charge in [-0.2, -0.15) is 4.98 Å². The zero-order chi connectivity index (χ0) is 22.0. The Balaban J connectivity index is 1.35. The summed E-state index contributed by atoms with van der Waals surface area (Å²) < 4.78 is 5.92. The van der Waals surface area contributed by atoms with Crippen LogP contribution in [0.5, 0.6) is 0 Å². The first kappa shape index (κ1) is 21.4. The Morgan fingerprint density at radius 1 is 1.19 bits per heavy atom. The molecular weight excluding hydrogens is 398 g/mol. The lowest BCUT2D eigenvalue weighted by Gasteiger charge is -2.43. The maximum Gasteiger partial charge on any atom is 0.407 e. The van der Waals surface area contributed by atoms with E-state index in [2.05, 4.69) is 15.2 Å². The number of para-hydroxylation sites is 2. The normalized spacial score (nSPS) is 25.0. The van der Waals surface area contributed by atoms with E-state index in [1.165, 1.54) is 4.90 Å². The van der Waals surface area contributed by atoms with Crippen molar-refractivity contribution in [2.45, 2.75) is 51.2 Å². The quantitative estimate of drug-likeness (QED) is 0.752. The second kappa shape index (κ2) is 9.13. The summed E-state index contributed by atoms with van der Waals surface area (Å²) in [5, 5.41) is 12.3. The second-order valence-electron chi connectivity index (χ2n) is 8.58. The lowest BCUT2D eigenvalue weighted by atomic mass is 10.0. The van der Waals surface area contributed by atoms with Crippen LogP contribution in [0.25, 0.3) is 11.1 Å². The molecule has 0 radical (unpaired) electrons. The first-order chi connectivity index (χ1) is 14.9. The molecule has 0 bridgehead atoms. The van der Waals surface area contributed by atoms with E-state index in [1.807, 2.05) is 43.0 Å². The van der Waals surface area contributed by atoms with Gasteiger partial charge in [0.05, 0.1) is 0 Å². The first-order valence-corrected chi connectivity index (χ1v) is 11.1. The smallest absolute Gasteiger partial charge is 0.407 e. The van der Waals surface area contributed by atoms with Crippen molar-refractivity contribution < 1.29 is 19.1 Å². The molecule has 4 rings (SSSR count). The van der Waals surface area contributed by atoms with E-state index in [1.54, 1.807) is 0 Å². The third-order valence-corrected chi connectivity index (χ3v) is 6.38. The summed E-state index contributed by atoms with van der Waals surface area (Å²) in [4.78, 5) is 34.6. The standard InChI is InChI=1S/C22H31N5O4/c1-15-13-25(22(29)30)14-16(2)26(15)12-10-23-20(28)18-8-5-6-11-27(18)21-24-17-7-3-4-9-19(17)31-21/h3-4,7,9,15-16,18H,5-6,8,10-14H2,1-2H3,(H,23,28)(H,29,30)/t15-,16+,18-/m0/s1. The molecule has 31 heavy (non-hydrogen) atoms. The first-order valence-electron chi connectivity index (χ1n) is 11.1. The van der Waals surface area contributed by atoms with E-state index in [0.717, 1.165) is 36.9 Å². The molecule has 2 aromatic rings. The fourth-order valence-electron chi connectivity index (χ4n) is 4.80. The van der Waals surface area contributed by atoms with Crippen LogP contribution < -0.4 is 10.2 Å². The molecule has 0 unspecified atom stereocenters. The van der Waals surface area contributed by atoms with E-state index in [0.29, 0.717) is 32.2 Å². The number of carbonyl (C=O) groups excluding carboxylic acids is 1. The van der Waals surface area contributed by atoms with Gasteiger partial charge in [-0.05, 0) is 45.2 Å². The molecule has 3 heterocycles. The molecule has 3 atom stereocenters. The molecule has 2 aliphatic heterocycles. The third-order valence-electron chi connectivity index (χ3n) is 6.38. The van der Waals surface area contributed by atoms with Gasteiger partial charge in [0.1, 0.15) is 11.6 Å². The number of nitrogens with zero attached hydrogens (tertiary/aromatic N) is 4. The maximum absolute atomic E-state index is 13.0. The SMILES string of the molecule is C[C@@H]1CN(C(=O)O)C[C@H](C)N1CCNC(=O)[C@@H]1CCCCN1c1nc2ccccc2o1. The summed E-state index contributed by atoms with van der Waals surface area (Å²) in [5.41, 5.74) is 1.52. The van der Waals surface area contributed by atoms with Crippen molar-refractivity contribution in [3.63, 3.8) is 0 Å². The summed E-state index contributed by atoms with van der Waals surface area (Å²) in [7, 11) is 0. The average Bonchev–Trinajstić information content (AvgIpc) is 3.19. The topological polar surface area (TPSA) is 102 Å². The fourth-order valence-corrected chi connectivity index (χ4v) is 4.80. The van der Waals surface area contributed by atoms with Crippen LogP contribution in [-0.4, -0.2) is 82.7 Å². The summed E-state index contributed by atoms with van der Waals surface area (Å²) >= 11 is 0. The minimum Gasteiger partial charge on any atom is -0.465 e. The summed E-state index contributed by atoms with van der Waals surface area (Å²) in [6.45, 7) is 7.00. The van der Waals surface area contributed by atoms with Crippen molar-refractivity contribution >= 4 is 29.1 Å². The van der Waals surface area contributed by atoms with Crippen LogP contribution in [0, 0.1) is 0 Å². The van der Waals surface area contributed by atoms with Gasteiger partial charge in [-0.15, -0.1) is 0 Å². The number of anilines is 1. The van der Waals surface area contributed by atoms with Crippen molar-refractivity contribution in [1.82, 2.24) is 20.1 Å². The molecule has 2 fully saturated rings. The highest BCUT2D eigenvalue weighted by atomic mass is 16.4. The minimum atomic E-state index is -0.872. The highest BCUT2D eigenvalue weighted by Crippen LogP contribution is 2.27. The molecule has 2 aliphatic rings. The molecule has 2 saturated heterocycles. The lowest BCUT2D eigenvalue weighted by Crippen LogP contribution is -2.59. The van der Waals surface area contributed by atoms with Gasteiger partial charge in [-0.1, -0.05) is 12.1 Å². The van der Waals surface area contributed by atoms with Gasteiger partial charge in [0.15, 0.2) is 5.58 Å². The number of benzene rings is 1. The van der Waals surface area contributed by atoms with Gasteiger partial charge < -0.3 is 24.6 Å². The molecule has 0 saturated carbocycles. The number of rotatable bonds is 5. The number of oxazole rings is 1. The zero-order valence-corrected chi connectivity index (χ0v) is 18.2. The Kier molecular flexibility index (Phi) is 6.31. The lowest BCUT2D eigenvalue weighted by molar-refractivity contribution is -0.123. The van der Waals surface area contributed by atoms with E-state index in [9.17, 15) is 14.7 Å². The van der Waals surface area contributed by atoms with Crippen molar-refractivity contribution in [2.24, 2.45) is 0 Å². The van der Waals surface area contributed by atoms with E-state index in [-0.39, 0.29) is 24.0 Å². The van der Waals surface area contributed by atoms with Crippen LogP contribution in [0.15, 0.2) is 28.7 Å². The Hall–Kier alpha value is -2.81. The van der Waals surface area contributed by atoms with Crippen molar-refractivity contribution in [3.05, 3.63) is 24.3 Å². The van der Waals surface area contributed by atoms with Gasteiger partial charge >= 0.3 is 6.09 Å². The molecule has 2 amide bonds. The van der Waals surface area contributed by atoms with Crippen LogP contribution in [0.2, 0.25) is 0 Å². The monoisotopic (exact) mass is 429 g/mol. The van der Waals surface area contributed by atoms with Crippen LogP contribution >= 0.6 is 0 Å². The minimum absolute atomic E-state index is 0.00793. The van der Waals surface area contributed by atoms with Gasteiger partial charge in [-0.25, -0.2) is 4.79 Å². The number of hydrogen-bond donors (Lipinski definition) is 2. The van der Waals surface area contributed by atoms with Gasteiger partial charge in [0, 0.05) is 44.8 Å². The molecule has 9 nitrogen and oxygen atoms in total. The van der Waals surface area contributed by atoms with Gasteiger partial charge in [-0.3, -0.25) is 9.69 Å². The van der Waals surface area contributed by atoms with E-state index in [4.69, 9.17) is 4.42 Å². The van der Waals surface area contributed by atoms with E-state index < -0.39 is 6.09 Å². The number of carbonyl (C=O) groups is 2. The number of carboxylic acid groups (broad SMARTS) is 1. The Morgan fingerprint density at radius 3 is 2.65 bits per heavy atom. The zero-order valence-electron chi connectivity index (χ0n) is 18.2. The van der Waals surface area contributed by atoms with Crippen LogP contribution in [-0.2, 0) is 4.79 Å². The number of hydrogen-bond acceptors (Lipinski definition) is 6. The predicted molar refractivity (Wildman–Crippen MR) is 117 cm³/mol. The Bertz CT molecular complexity index is 887. The molecule has 0 aliphatic carbocycles. The highest BCUT2D eigenvalue weighted by molar-refractivity contribution is 5.85. The molecule has 2 N–H and O–H groups in total. The van der Waals surface area contributed by atoms with Crippen molar-refractivity contribution in [3.8, 4) is 0 Å². The Morgan fingerprint density at radius 2 is 1.94 bits per heavy atom. The molecule has 1 aromatic heterocycles. The number of fused-ring (bicyclic) bond motifs is 1. The number of aromatic nitrogens is 1. The molecule has 168 valence electrons. The predicted octanol–water partition coefficient (Wildman–Crippen LogP) is 2.38. The molecule has 9 heteroatoms. The molecule has 1 aromatic carbocycles. The number of piperazine rings is 1. The summed E-state index contributed by atoms with van der Waals surface area (Å²) in [6.07, 6.45) is 1.91. The Labute approximate surface area is 182 Å². The molecule has 0 spiro atoms. The fraction of sp³-hybridized carbons (Fsp3) is 0.591. The van der Waals surface area contributed by atoms with Crippen LogP contribution in [0.1, 0.15) is 33.1 Å². The average molecular weight is 430 g/mol. The highest BCUT2D eigenvalue weighted by Gasteiger charge is 2.33. The van der Waals surface area contributed by atoms with Crippen LogP contribution in [0.4, 0.5) is 10.8 Å². The third kappa shape index (κ3) is 4.61.